The summed E-state index contributed by atoms with van der Waals surface area (Å²) < 4.78 is 40.1. The van der Waals surface area contributed by atoms with E-state index in [1.54, 1.807) is 46.6 Å². The number of carbonyl (C=O) groups is 2. The van der Waals surface area contributed by atoms with Gasteiger partial charge in [0.25, 0.3) is 5.56 Å². The number of aryl methyl sites for hydroxylation is 2. The third kappa shape index (κ3) is 8.44. The number of fused-ring (bicyclic) bond motifs is 2. The molecule has 2 aromatic carbocycles. The molecule has 2 aliphatic heterocycles. The van der Waals surface area contributed by atoms with Gasteiger partial charge in [0.1, 0.15) is 16.7 Å². The first-order valence-corrected chi connectivity index (χ1v) is 23.5. The highest BCUT2D eigenvalue weighted by Crippen LogP contribution is 2.35. The van der Waals surface area contributed by atoms with Gasteiger partial charge in [-0.25, -0.2) is 22.9 Å². The fourth-order valence-corrected chi connectivity index (χ4v) is 11.1. The van der Waals surface area contributed by atoms with Crippen molar-refractivity contribution in [1.82, 2.24) is 38.6 Å². The number of aromatic nitrogens is 5. The molecule has 1 atom stereocenters. The third-order valence-corrected chi connectivity index (χ3v) is 15.0. The molecule has 5 aromatic rings. The lowest BCUT2D eigenvalue weighted by molar-refractivity contribution is -0.135. The smallest absolute Gasteiger partial charge is 0.329 e. The van der Waals surface area contributed by atoms with Crippen LogP contribution in [0.2, 0.25) is 5.02 Å². The number of halogens is 1. The van der Waals surface area contributed by atoms with Gasteiger partial charge in [0.05, 0.1) is 28.6 Å². The SMILES string of the molecule is Cc1cc(S(=O)(=O)NCCO[C@H]2CC[C@H](CN3CC(c4ccc5c(c4)n(C)c(=O)n5C4CCC(=O)NC4=O)C3)CC2)ccc1Nc1ncc2cc(Cl)c(=O)n(C3CCCC3)c2n1. The zero-order valence-electron chi connectivity index (χ0n) is 34.9. The molecule has 2 saturated carbocycles. The maximum absolute atomic E-state index is 13.2. The minimum atomic E-state index is -3.78. The van der Waals surface area contributed by atoms with Crippen molar-refractivity contribution in [2.45, 2.75) is 100 Å². The number of sulfonamides is 1. The zero-order valence-corrected chi connectivity index (χ0v) is 36.5. The number of piperidine rings is 1. The lowest BCUT2D eigenvalue weighted by Crippen LogP contribution is -2.47. The van der Waals surface area contributed by atoms with Crippen LogP contribution in [-0.2, 0) is 31.4 Å². The van der Waals surface area contributed by atoms with Gasteiger partial charge in [-0.1, -0.05) is 30.5 Å². The van der Waals surface area contributed by atoms with Gasteiger partial charge >= 0.3 is 5.69 Å². The number of hydrogen-bond acceptors (Lipinski definition) is 11. The second-order valence-corrected chi connectivity index (χ2v) is 19.6. The van der Waals surface area contributed by atoms with Crippen LogP contribution >= 0.6 is 11.6 Å². The Kier molecular flexibility index (Phi) is 11.8. The van der Waals surface area contributed by atoms with E-state index in [2.05, 4.69) is 37.4 Å². The number of nitrogens with zero attached hydrogens (tertiary/aromatic N) is 6. The van der Waals surface area contributed by atoms with Crippen molar-refractivity contribution in [3.8, 4) is 0 Å². The minimum absolute atomic E-state index is 0.0379. The molecule has 2 saturated heterocycles. The molecule has 2 aliphatic carbocycles. The van der Waals surface area contributed by atoms with Crippen molar-refractivity contribution in [1.29, 1.82) is 0 Å². The number of imide groups is 1. The van der Waals surface area contributed by atoms with Gasteiger partial charge in [0.2, 0.25) is 27.8 Å². The molecule has 9 rings (SSSR count). The first-order valence-electron chi connectivity index (χ1n) is 21.7. The summed E-state index contributed by atoms with van der Waals surface area (Å²) in [7, 11) is -2.06. The molecule has 16 nitrogen and oxygen atoms in total. The Morgan fingerprint density at radius 3 is 2.44 bits per heavy atom. The van der Waals surface area contributed by atoms with E-state index in [1.165, 1.54) is 10.1 Å². The van der Waals surface area contributed by atoms with Gasteiger partial charge < -0.3 is 15.0 Å². The number of rotatable bonds is 13. The summed E-state index contributed by atoms with van der Waals surface area (Å²) in [5.74, 6) is 0.500. The molecule has 62 heavy (non-hydrogen) atoms. The predicted molar refractivity (Wildman–Crippen MR) is 235 cm³/mol. The Balaban J connectivity index is 0.717. The van der Waals surface area contributed by atoms with Crippen molar-refractivity contribution in [3.63, 3.8) is 0 Å². The van der Waals surface area contributed by atoms with Crippen molar-refractivity contribution in [2.75, 3.05) is 38.1 Å². The Bertz CT molecular complexity index is 2780. The van der Waals surface area contributed by atoms with Gasteiger partial charge in [-0.05, 0) is 105 Å². The number of nitrogens with one attached hydrogen (secondary N) is 3. The number of likely N-dealkylation sites (tertiary alicyclic amines) is 1. The molecule has 4 aliphatic rings. The summed E-state index contributed by atoms with van der Waals surface area (Å²) in [6, 6.07) is 11.8. The number of anilines is 2. The number of hydrogen-bond donors (Lipinski definition) is 3. The molecule has 0 radical (unpaired) electrons. The summed E-state index contributed by atoms with van der Waals surface area (Å²) in [5, 5.41) is 6.38. The Morgan fingerprint density at radius 2 is 1.69 bits per heavy atom. The second-order valence-electron chi connectivity index (χ2n) is 17.4. The highest BCUT2D eigenvalue weighted by Gasteiger charge is 2.34. The lowest BCUT2D eigenvalue weighted by Gasteiger charge is -2.42. The Hall–Kier alpha value is -4.94. The first-order chi connectivity index (χ1) is 29.8. The number of ether oxygens (including phenoxy) is 1. The Labute approximate surface area is 364 Å². The fraction of sp³-hybridized carbons (Fsp3) is 0.500. The van der Waals surface area contributed by atoms with Crippen molar-refractivity contribution in [2.24, 2.45) is 13.0 Å². The first kappa shape index (κ1) is 42.4. The van der Waals surface area contributed by atoms with Gasteiger partial charge in [-0.2, -0.15) is 4.98 Å². The largest absolute Gasteiger partial charge is 0.377 e. The molecular formula is C44H52ClN9O7S. The molecule has 0 bridgehead atoms. The molecule has 328 valence electrons. The lowest BCUT2D eigenvalue weighted by atomic mass is 9.84. The van der Waals surface area contributed by atoms with Crippen LogP contribution in [0.4, 0.5) is 11.6 Å². The van der Waals surface area contributed by atoms with Crippen LogP contribution in [0.5, 0.6) is 0 Å². The van der Waals surface area contributed by atoms with E-state index in [0.29, 0.717) is 52.0 Å². The molecule has 18 heteroatoms. The van der Waals surface area contributed by atoms with Crippen LogP contribution in [0.1, 0.15) is 93.3 Å². The Morgan fingerprint density at radius 1 is 0.919 bits per heavy atom. The number of pyridine rings is 1. The highest BCUT2D eigenvalue weighted by atomic mass is 35.5. The number of imidazole rings is 1. The molecule has 1 unspecified atom stereocenters. The van der Waals surface area contributed by atoms with Crippen LogP contribution in [-0.4, -0.2) is 87.7 Å². The van der Waals surface area contributed by atoms with Crippen LogP contribution in [0.3, 0.4) is 0 Å². The van der Waals surface area contributed by atoms with E-state index in [9.17, 15) is 27.6 Å². The molecule has 0 spiro atoms. The van der Waals surface area contributed by atoms with Crippen LogP contribution in [0.15, 0.2) is 63.1 Å². The van der Waals surface area contributed by atoms with E-state index in [0.717, 1.165) is 76.5 Å². The quantitative estimate of drug-likeness (QED) is 0.104. The molecular weight excluding hydrogens is 834 g/mol. The van der Waals surface area contributed by atoms with Gasteiger partial charge in [-0.3, -0.25) is 33.4 Å². The average Bonchev–Trinajstić information content (AvgIpc) is 3.85. The van der Waals surface area contributed by atoms with Crippen LogP contribution in [0.25, 0.3) is 22.1 Å². The van der Waals surface area contributed by atoms with Crippen LogP contribution < -0.4 is 26.6 Å². The maximum atomic E-state index is 13.2. The summed E-state index contributed by atoms with van der Waals surface area (Å²) >= 11 is 6.28. The summed E-state index contributed by atoms with van der Waals surface area (Å²) in [5.41, 5.74) is 4.00. The topological polar surface area (TPSA) is 192 Å². The van der Waals surface area contributed by atoms with E-state index < -0.39 is 22.0 Å². The summed E-state index contributed by atoms with van der Waals surface area (Å²) in [6.45, 7) is 5.18. The molecule has 3 aromatic heterocycles. The molecule has 3 N–H and O–H groups in total. The number of carbonyl (C=O) groups excluding carboxylic acids is 2. The number of amides is 2. The van der Waals surface area contributed by atoms with Crippen molar-refractivity contribution >= 4 is 67.1 Å². The standard InChI is InChI=1S/C44H52ClN9O7S/c1-26-19-33(12-13-35(26)48-43-46-22-29-20-34(45)42(57)53(40(29)50-43)31-5-3-4-6-31)62(59,60)47-17-18-61-32-10-7-27(8-11-32)23-52-24-30(25-52)28-9-14-36-38(21-28)51(2)44(58)54(36)37-15-16-39(55)49-41(37)56/h9,12-14,19-22,27,30-32,37,47H,3-8,10-11,15-18,23-25H2,1-2H3,(H,46,48,50)(H,49,55,56)/t27-,32-,37?. The summed E-state index contributed by atoms with van der Waals surface area (Å²) in [4.78, 5) is 62.2. The maximum Gasteiger partial charge on any atom is 0.329 e. The molecule has 4 fully saturated rings. The monoisotopic (exact) mass is 885 g/mol. The van der Waals surface area contributed by atoms with Crippen molar-refractivity contribution < 1.29 is 22.7 Å². The van der Waals surface area contributed by atoms with E-state index >= 15 is 0 Å². The second kappa shape index (κ2) is 17.3. The van der Waals surface area contributed by atoms with E-state index in [-0.39, 0.29) is 58.8 Å². The number of benzene rings is 2. The van der Waals surface area contributed by atoms with Crippen LogP contribution in [0, 0.1) is 12.8 Å². The zero-order chi connectivity index (χ0) is 43.3. The summed E-state index contributed by atoms with van der Waals surface area (Å²) in [6.07, 6.45) is 10.1. The van der Waals surface area contributed by atoms with Gasteiger partial charge in [-0.15, -0.1) is 0 Å². The van der Waals surface area contributed by atoms with E-state index in [1.807, 2.05) is 13.0 Å². The van der Waals surface area contributed by atoms with Gasteiger partial charge in [0, 0.05) is 68.9 Å². The van der Waals surface area contributed by atoms with Gasteiger partial charge in [0.15, 0.2) is 0 Å². The molecule has 2 amide bonds. The third-order valence-electron chi connectivity index (χ3n) is 13.3. The minimum Gasteiger partial charge on any atom is -0.377 e. The predicted octanol–water partition coefficient (Wildman–Crippen LogP) is 5.20. The fourth-order valence-electron chi connectivity index (χ4n) is 9.84. The van der Waals surface area contributed by atoms with Crippen molar-refractivity contribution in [3.05, 3.63) is 85.6 Å². The normalized spacial score (nSPS) is 21.8. The highest BCUT2D eigenvalue weighted by molar-refractivity contribution is 7.89. The van der Waals surface area contributed by atoms with E-state index in [4.69, 9.17) is 21.3 Å². The molecule has 5 heterocycles. The average molecular weight is 886 g/mol.